The van der Waals surface area contributed by atoms with Crippen LogP contribution in [0.5, 0.6) is 11.5 Å². The molecule has 0 aliphatic heterocycles. The molecular formula is C23H31N7O2S. The number of hydrogen-bond acceptors (Lipinski definition) is 7. The van der Waals surface area contributed by atoms with Crippen molar-refractivity contribution in [1.29, 1.82) is 0 Å². The van der Waals surface area contributed by atoms with Gasteiger partial charge >= 0.3 is 0 Å². The van der Waals surface area contributed by atoms with Gasteiger partial charge in [-0.2, -0.15) is 0 Å². The van der Waals surface area contributed by atoms with Gasteiger partial charge in [-0.15, -0.1) is 0 Å². The zero-order valence-electron chi connectivity index (χ0n) is 19.1. The van der Waals surface area contributed by atoms with Gasteiger partial charge in [0.15, 0.2) is 16.6 Å². The predicted molar refractivity (Wildman–Crippen MR) is 134 cm³/mol. The number of benzene rings is 1. The van der Waals surface area contributed by atoms with Crippen LogP contribution >= 0.6 is 12.2 Å². The first-order valence-corrected chi connectivity index (χ1v) is 11.4. The molecule has 0 saturated carbocycles. The lowest BCUT2D eigenvalue weighted by Gasteiger charge is -2.14. The number of nitrogens with zero attached hydrogens (tertiary/aromatic N) is 4. The maximum absolute atomic E-state index is 5.90. The number of methoxy groups -OCH3 is 1. The Morgan fingerprint density at radius 1 is 1.09 bits per heavy atom. The van der Waals surface area contributed by atoms with Crippen molar-refractivity contribution in [3.8, 4) is 11.5 Å². The van der Waals surface area contributed by atoms with Crippen molar-refractivity contribution >= 4 is 29.0 Å². The molecule has 0 aliphatic rings. The summed E-state index contributed by atoms with van der Waals surface area (Å²) in [6.07, 6.45) is 9.93. The highest BCUT2D eigenvalue weighted by Crippen LogP contribution is 2.30. The van der Waals surface area contributed by atoms with Gasteiger partial charge in [0.2, 0.25) is 5.95 Å². The molecule has 0 saturated heterocycles. The molecule has 0 aliphatic carbocycles. The monoisotopic (exact) mass is 469 g/mol. The molecule has 9 nitrogen and oxygen atoms in total. The lowest BCUT2D eigenvalue weighted by atomic mass is 10.2. The Hall–Kier alpha value is -3.40. The Morgan fingerprint density at radius 2 is 1.94 bits per heavy atom. The van der Waals surface area contributed by atoms with E-state index in [1.807, 2.05) is 37.6 Å². The van der Waals surface area contributed by atoms with E-state index in [9.17, 15) is 0 Å². The maximum Gasteiger partial charge on any atom is 0.222 e. The topological polar surface area (TPSA) is 98.2 Å². The highest BCUT2D eigenvalue weighted by molar-refractivity contribution is 7.80. The van der Waals surface area contributed by atoms with E-state index in [1.165, 1.54) is 0 Å². The van der Waals surface area contributed by atoms with Crippen LogP contribution in [0.4, 0.5) is 11.6 Å². The molecule has 2 heterocycles. The van der Waals surface area contributed by atoms with Gasteiger partial charge in [0.25, 0.3) is 0 Å². The van der Waals surface area contributed by atoms with E-state index in [0.29, 0.717) is 29.2 Å². The number of unbranched alkanes of at least 4 members (excludes halogenated alkanes) is 1. The van der Waals surface area contributed by atoms with Gasteiger partial charge in [-0.25, -0.2) is 15.0 Å². The SMILES string of the molecule is COc1cc(NC(=S)NCCCn2cncc2C)ccc1OCCCCNc1ncccn1. The normalized spacial score (nSPS) is 10.5. The number of ether oxygens (including phenoxy) is 2. The van der Waals surface area contributed by atoms with E-state index in [4.69, 9.17) is 21.7 Å². The van der Waals surface area contributed by atoms with Gasteiger partial charge in [-0.3, -0.25) is 0 Å². The van der Waals surface area contributed by atoms with E-state index < -0.39 is 0 Å². The fraction of sp³-hybridized carbons (Fsp3) is 0.391. The Morgan fingerprint density at radius 3 is 2.70 bits per heavy atom. The molecule has 0 radical (unpaired) electrons. The predicted octanol–water partition coefficient (Wildman–Crippen LogP) is 3.64. The quantitative estimate of drug-likeness (QED) is 0.256. The second-order valence-electron chi connectivity index (χ2n) is 7.38. The molecule has 3 rings (SSSR count). The number of anilines is 2. The first-order chi connectivity index (χ1) is 16.2. The largest absolute Gasteiger partial charge is 0.493 e. The highest BCUT2D eigenvalue weighted by atomic mass is 32.1. The number of thiocarbonyl (C=S) groups is 1. The van der Waals surface area contributed by atoms with Crippen LogP contribution in [0.1, 0.15) is 25.0 Å². The molecule has 0 bridgehead atoms. The molecule has 0 spiro atoms. The van der Waals surface area contributed by atoms with Crippen molar-refractivity contribution < 1.29 is 9.47 Å². The molecule has 2 aromatic heterocycles. The van der Waals surface area contributed by atoms with Crippen molar-refractivity contribution in [2.24, 2.45) is 0 Å². The van der Waals surface area contributed by atoms with Crippen LogP contribution in [0.2, 0.25) is 0 Å². The average Bonchev–Trinajstić information content (AvgIpc) is 3.24. The zero-order valence-corrected chi connectivity index (χ0v) is 19.9. The third kappa shape index (κ3) is 8.23. The molecule has 1 aromatic carbocycles. The second-order valence-corrected chi connectivity index (χ2v) is 7.79. The highest BCUT2D eigenvalue weighted by Gasteiger charge is 2.07. The van der Waals surface area contributed by atoms with E-state index in [2.05, 4.69) is 35.5 Å². The third-order valence-electron chi connectivity index (χ3n) is 4.88. The second kappa shape index (κ2) is 13.2. The minimum absolute atomic E-state index is 0.572. The van der Waals surface area contributed by atoms with Gasteiger partial charge in [0.1, 0.15) is 0 Å². The lowest BCUT2D eigenvalue weighted by molar-refractivity contribution is 0.287. The molecule has 10 heteroatoms. The molecule has 0 atom stereocenters. The summed E-state index contributed by atoms with van der Waals surface area (Å²) in [5.41, 5.74) is 2.00. The number of aryl methyl sites for hydroxylation is 2. The van der Waals surface area contributed by atoms with Gasteiger partial charge in [-0.05, 0) is 56.6 Å². The number of hydrogen-bond donors (Lipinski definition) is 3. The molecule has 3 N–H and O–H groups in total. The van der Waals surface area contributed by atoms with Crippen molar-refractivity contribution in [2.45, 2.75) is 32.7 Å². The minimum Gasteiger partial charge on any atom is -0.493 e. The van der Waals surface area contributed by atoms with Crippen molar-refractivity contribution in [2.75, 3.05) is 37.4 Å². The standard InChI is InChI=1S/C23H31N7O2S/c1-18-16-24-17-30(18)13-6-12-28-23(33)29-19-7-8-20(21(15-19)31-2)32-14-4-3-9-25-22-26-10-5-11-27-22/h5,7-8,10-11,15-17H,3-4,6,9,12-14H2,1-2H3,(H,25,26,27)(H2,28,29,33). The Balaban J connectivity index is 1.34. The number of imidazole rings is 1. The maximum atomic E-state index is 5.90. The first-order valence-electron chi connectivity index (χ1n) is 11.0. The van der Waals surface area contributed by atoms with Gasteiger partial charge < -0.3 is 30.0 Å². The van der Waals surface area contributed by atoms with Gasteiger partial charge in [-0.1, -0.05) is 0 Å². The minimum atomic E-state index is 0.572. The average molecular weight is 470 g/mol. The molecule has 0 fully saturated rings. The van der Waals surface area contributed by atoms with Gasteiger partial charge in [0.05, 0.1) is 20.0 Å². The van der Waals surface area contributed by atoms with Crippen LogP contribution in [-0.4, -0.2) is 51.4 Å². The van der Waals surface area contributed by atoms with E-state index in [1.54, 1.807) is 25.6 Å². The van der Waals surface area contributed by atoms with E-state index in [-0.39, 0.29) is 0 Å². The van der Waals surface area contributed by atoms with Crippen LogP contribution in [0.3, 0.4) is 0 Å². The molecule has 0 amide bonds. The van der Waals surface area contributed by atoms with Gasteiger partial charge in [0, 0.05) is 55.7 Å². The summed E-state index contributed by atoms with van der Waals surface area (Å²) in [5.74, 6) is 2.01. The summed E-state index contributed by atoms with van der Waals surface area (Å²) < 4.78 is 13.5. The van der Waals surface area contributed by atoms with Crippen LogP contribution in [0.15, 0.2) is 49.2 Å². The summed E-state index contributed by atoms with van der Waals surface area (Å²) >= 11 is 5.41. The van der Waals surface area contributed by atoms with Crippen molar-refractivity contribution in [3.63, 3.8) is 0 Å². The molecule has 3 aromatic rings. The molecular weight excluding hydrogens is 438 g/mol. The lowest BCUT2D eigenvalue weighted by Crippen LogP contribution is -2.29. The summed E-state index contributed by atoms with van der Waals surface area (Å²) in [6.45, 7) is 5.10. The van der Waals surface area contributed by atoms with Crippen LogP contribution < -0.4 is 25.4 Å². The van der Waals surface area contributed by atoms with Crippen LogP contribution in [0, 0.1) is 6.92 Å². The Kier molecular flexibility index (Phi) is 9.71. The number of nitrogens with one attached hydrogen (secondary N) is 3. The van der Waals surface area contributed by atoms with E-state index >= 15 is 0 Å². The van der Waals surface area contributed by atoms with Crippen LogP contribution in [0.25, 0.3) is 0 Å². The summed E-state index contributed by atoms with van der Waals surface area (Å²) in [4.78, 5) is 12.4. The molecule has 176 valence electrons. The third-order valence-corrected chi connectivity index (χ3v) is 5.13. The van der Waals surface area contributed by atoms with Crippen molar-refractivity contribution in [1.82, 2.24) is 24.8 Å². The smallest absolute Gasteiger partial charge is 0.222 e. The fourth-order valence-corrected chi connectivity index (χ4v) is 3.33. The molecule has 0 unspecified atom stereocenters. The van der Waals surface area contributed by atoms with Crippen molar-refractivity contribution in [3.05, 3.63) is 54.9 Å². The number of rotatable bonds is 13. The zero-order chi connectivity index (χ0) is 23.3. The summed E-state index contributed by atoms with van der Waals surface area (Å²) in [6, 6.07) is 7.49. The fourth-order valence-electron chi connectivity index (χ4n) is 3.11. The summed E-state index contributed by atoms with van der Waals surface area (Å²) in [7, 11) is 1.63. The Bertz CT molecular complexity index is 997. The first kappa shape index (κ1) is 24.2. The molecule has 33 heavy (non-hydrogen) atoms. The summed E-state index contributed by atoms with van der Waals surface area (Å²) in [5, 5.41) is 10.2. The van der Waals surface area contributed by atoms with Crippen LogP contribution in [-0.2, 0) is 6.54 Å². The number of aromatic nitrogens is 4. The van der Waals surface area contributed by atoms with E-state index in [0.717, 1.165) is 50.3 Å². The Labute approximate surface area is 200 Å².